The van der Waals surface area contributed by atoms with Gasteiger partial charge in [-0.1, -0.05) is 12.1 Å². The van der Waals surface area contributed by atoms with E-state index in [1.807, 2.05) is 20.8 Å². The van der Waals surface area contributed by atoms with Crippen molar-refractivity contribution in [1.82, 2.24) is 0 Å². The summed E-state index contributed by atoms with van der Waals surface area (Å²) in [5, 5.41) is 0. The highest BCUT2D eigenvalue weighted by Gasteiger charge is 2.56. The highest BCUT2D eigenvalue weighted by Crippen LogP contribution is 2.37. The van der Waals surface area contributed by atoms with E-state index in [-0.39, 0.29) is 12.9 Å². The summed E-state index contributed by atoms with van der Waals surface area (Å²) in [4.78, 5) is 0. The van der Waals surface area contributed by atoms with E-state index < -0.39 is 11.2 Å². The lowest BCUT2D eigenvalue weighted by molar-refractivity contribution is 0.0262. The molecular weight excluding hydrogens is 218 g/mol. The van der Waals surface area contributed by atoms with Crippen LogP contribution in [0.5, 0.6) is 0 Å². The minimum absolute atomic E-state index is 0.232. The molecule has 0 radical (unpaired) electrons. The smallest absolute Gasteiger partial charge is 0.398 e. The van der Waals surface area contributed by atoms with E-state index in [0.29, 0.717) is 6.32 Å². The van der Waals surface area contributed by atoms with Crippen molar-refractivity contribution in [2.75, 3.05) is 0 Å². The van der Waals surface area contributed by atoms with Crippen LogP contribution < -0.4 is 0 Å². The van der Waals surface area contributed by atoms with E-state index in [4.69, 9.17) is 9.31 Å². The molecule has 1 fully saturated rings. The Bertz CT molecular complexity index is 384. The molecule has 17 heavy (non-hydrogen) atoms. The van der Waals surface area contributed by atoms with Crippen LogP contribution in [0.1, 0.15) is 26.3 Å². The van der Waals surface area contributed by atoms with Gasteiger partial charge in [-0.3, -0.25) is 0 Å². The van der Waals surface area contributed by atoms with E-state index in [9.17, 15) is 4.39 Å². The maximum Gasteiger partial charge on any atom is 0.465 e. The SMILES string of the molecule is [CH2+]C1(C)OB(Cc2ccc(F)cc2)OC1(C)C. The van der Waals surface area contributed by atoms with Crippen molar-refractivity contribution >= 4 is 7.12 Å². The third-order valence-electron chi connectivity index (χ3n) is 3.41. The van der Waals surface area contributed by atoms with E-state index in [1.54, 1.807) is 12.1 Å². The summed E-state index contributed by atoms with van der Waals surface area (Å²) in [6.07, 6.45) is 0.606. The highest BCUT2D eigenvalue weighted by atomic mass is 19.1. The molecule has 1 aliphatic rings. The maximum atomic E-state index is 12.8. The van der Waals surface area contributed by atoms with Crippen molar-refractivity contribution in [2.45, 2.75) is 38.3 Å². The van der Waals surface area contributed by atoms with Crippen molar-refractivity contribution in [1.29, 1.82) is 0 Å². The van der Waals surface area contributed by atoms with E-state index in [0.717, 1.165) is 5.56 Å². The first-order chi connectivity index (χ1) is 7.80. The Morgan fingerprint density at radius 3 is 2.24 bits per heavy atom. The summed E-state index contributed by atoms with van der Waals surface area (Å²) in [5.41, 5.74) is 0.0139. The third kappa shape index (κ3) is 2.48. The molecule has 1 aromatic carbocycles. The second-order valence-electron chi connectivity index (χ2n) is 5.24. The van der Waals surface area contributed by atoms with Crippen molar-refractivity contribution in [3.8, 4) is 0 Å². The van der Waals surface area contributed by atoms with E-state index in [2.05, 4.69) is 6.92 Å². The number of hydrogen-bond acceptors (Lipinski definition) is 2. The molecule has 2 rings (SSSR count). The predicted molar refractivity (Wildman–Crippen MR) is 65.9 cm³/mol. The molecule has 90 valence electrons. The van der Waals surface area contributed by atoms with Crippen LogP contribution in [0.3, 0.4) is 0 Å². The Hall–Kier alpha value is -0.995. The molecule has 1 aromatic rings. The molecule has 0 N–H and O–H groups in total. The standard InChI is InChI=1S/C13H17BFO2/c1-12(2)13(3,4)17-14(16-12)9-10-5-7-11(15)8-6-10/h5-8H,1,9H2,2-4H3/q+1. The van der Waals surface area contributed by atoms with Gasteiger partial charge in [0.15, 0.2) is 0 Å². The van der Waals surface area contributed by atoms with Gasteiger partial charge in [-0.05, 0) is 31.5 Å². The average Bonchev–Trinajstić information content (AvgIpc) is 2.39. The lowest BCUT2D eigenvalue weighted by atomic mass is 9.81. The molecule has 2 nitrogen and oxygen atoms in total. The van der Waals surface area contributed by atoms with Gasteiger partial charge < -0.3 is 9.31 Å². The summed E-state index contributed by atoms with van der Waals surface area (Å²) < 4.78 is 24.4. The van der Waals surface area contributed by atoms with Crippen LogP contribution in [0.15, 0.2) is 24.3 Å². The Labute approximate surface area is 102 Å². The molecule has 0 spiro atoms. The van der Waals surface area contributed by atoms with Crippen LogP contribution >= 0.6 is 0 Å². The molecule has 1 saturated heterocycles. The maximum absolute atomic E-state index is 12.8. The Morgan fingerprint density at radius 1 is 1.18 bits per heavy atom. The van der Waals surface area contributed by atoms with Gasteiger partial charge in [-0.25, -0.2) is 4.39 Å². The Morgan fingerprint density at radius 2 is 1.76 bits per heavy atom. The first kappa shape index (κ1) is 12.5. The summed E-state index contributed by atoms with van der Waals surface area (Å²) >= 11 is 0. The van der Waals surface area contributed by atoms with Crippen molar-refractivity contribution in [2.24, 2.45) is 0 Å². The van der Waals surface area contributed by atoms with Gasteiger partial charge in [0.05, 0.1) is 6.92 Å². The van der Waals surface area contributed by atoms with Gasteiger partial charge in [0.2, 0.25) is 5.60 Å². The fourth-order valence-corrected chi connectivity index (χ4v) is 1.81. The fraction of sp³-hybridized carbons (Fsp3) is 0.462. The second kappa shape index (κ2) is 4.04. The van der Waals surface area contributed by atoms with Crippen LogP contribution in [-0.2, 0) is 15.6 Å². The molecule has 1 heterocycles. The Balaban J connectivity index is 2.05. The van der Waals surface area contributed by atoms with Gasteiger partial charge in [-0.2, -0.15) is 0 Å². The molecule has 1 unspecified atom stereocenters. The lowest BCUT2D eigenvalue weighted by Crippen LogP contribution is -2.42. The molecule has 0 aromatic heterocycles. The number of benzene rings is 1. The monoisotopic (exact) mass is 235 g/mol. The first-order valence-electron chi connectivity index (χ1n) is 5.76. The van der Waals surface area contributed by atoms with Gasteiger partial charge in [-0.15, -0.1) is 0 Å². The van der Waals surface area contributed by atoms with Gasteiger partial charge in [0, 0.05) is 13.2 Å². The lowest BCUT2D eigenvalue weighted by Gasteiger charge is -2.25. The first-order valence-corrected chi connectivity index (χ1v) is 5.76. The number of halogens is 1. The molecule has 0 saturated carbocycles. The number of hydrogen-bond donors (Lipinski definition) is 0. The highest BCUT2D eigenvalue weighted by molar-refractivity contribution is 6.45. The van der Waals surface area contributed by atoms with Gasteiger partial charge >= 0.3 is 7.12 Å². The van der Waals surface area contributed by atoms with Gasteiger partial charge in [0.25, 0.3) is 0 Å². The summed E-state index contributed by atoms with van der Waals surface area (Å²) in [7, 11) is -0.321. The largest absolute Gasteiger partial charge is 0.465 e. The molecule has 4 heteroatoms. The zero-order valence-electron chi connectivity index (χ0n) is 10.5. The van der Waals surface area contributed by atoms with Crippen LogP contribution in [0.2, 0.25) is 0 Å². The minimum Gasteiger partial charge on any atom is -0.398 e. The van der Waals surface area contributed by atoms with Crippen LogP contribution in [0.25, 0.3) is 0 Å². The van der Waals surface area contributed by atoms with E-state index in [1.165, 1.54) is 12.1 Å². The van der Waals surface area contributed by atoms with Crippen LogP contribution in [-0.4, -0.2) is 18.3 Å². The van der Waals surface area contributed by atoms with Crippen LogP contribution in [0.4, 0.5) is 4.39 Å². The third-order valence-corrected chi connectivity index (χ3v) is 3.41. The van der Waals surface area contributed by atoms with Crippen LogP contribution in [0, 0.1) is 12.7 Å². The topological polar surface area (TPSA) is 18.5 Å². The summed E-state index contributed by atoms with van der Waals surface area (Å²) in [6.45, 7) is 9.86. The predicted octanol–water partition coefficient (Wildman–Crippen LogP) is 2.81. The summed E-state index contributed by atoms with van der Waals surface area (Å²) in [5.74, 6) is -0.232. The molecule has 0 amide bonds. The van der Waals surface area contributed by atoms with Crippen molar-refractivity contribution in [3.05, 3.63) is 42.6 Å². The quantitative estimate of drug-likeness (QED) is 0.579. The van der Waals surface area contributed by atoms with Crippen molar-refractivity contribution < 1.29 is 13.7 Å². The molecule has 1 aliphatic heterocycles. The molecule has 0 bridgehead atoms. The molecule has 0 aliphatic carbocycles. The number of rotatable bonds is 2. The zero-order chi connectivity index (χ0) is 12.7. The minimum atomic E-state index is -0.558. The summed E-state index contributed by atoms with van der Waals surface area (Å²) in [6, 6.07) is 6.37. The Kier molecular flexibility index (Phi) is 2.96. The zero-order valence-corrected chi connectivity index (χ0v) is 10.5. The normalized spacial score (nSPS) is 27.4. The molecule has 1 atom stereocenters. The second-order valence-corrected chi connectivity index (χ2v) is 5.24. The van der Waals surface area contributed by atoms with Crippen molar-refractivity contribution in [3.63, 3.8) is 0 Å². The van der Waals surface area contributed by atoms with Gasteiger partial charge in [0.1, 0.15) is 11.4 Å². The average molecular weight is 235 g/mol. The van der Waals surface area contributed by atoms with E-state index >= 15 is 0 Å². The molecular formula is C13H17BFO2+. The fourth-order valence-electron chi connectivity index (χ4n) is 1.81.